The third kappa shape index (κ3) is 4.60. The molecule has 0 saturated carbocycles. The minimum absolute atomic E-state index is 0.0399. The molecule has 6 nitrogen and oxygen atoms in total. The predicted octanol–water partition coefficient (Wildman–Crippen LogP) is 4.76. The van der Waals surface area contributed by atoms with Gasteiger partial charge in [0, 0.05) is 11.3 Å². The maximum absolute atomic E-state index is 12.5. The summed E-state index contributed by atoms with van der Waals surface area (Å²) in [7, 11) is 0. The monoisotopic (exact) mass is 363 g/mol. The Morgan fingerprint density at radius 3 is 2.46 bits per heavy atom. The van der Waals surface area contributed by atoms with Crippen LogP contribution in [-0.4, -0.2) is 21.8 Å². The molecule has 0 atom stereocenters. The van der Waals surface area contributed by atoms with E-state index in [0.29, 0.717) is 5.69 Å². The first kappa shape index (κ1) is 18.1. The van der Waals surface area contributed by atoms with Gasteiger partial charge in [-0.2, -0.15) is 18.2 Å². The molecule has 0 spiro atoms. The number of hydrogen-bond acceptors (Lipinski definition) is 5. The summed E-state index contributed by atoms with van der Waals surface area (Å²) >= 11 is 6.01. The fourth-order valence-corrected chi connectivity index (χ4v) is 1.91. The first-order chi connectivity index (χ1) is 11.0. The summed E-state index contributed by atoms with van der Waals surface area (Å²) in [6, 6.07) is 4.12. The number of rotatable bonds is 2. The second kappa shape index (κ2) is 6.31. The van der Waals surface area contributed by atoms with E-state index in [-0.39, 0.29) is 16.4 Å². The van der Waals surface area contributed by atoms with Crippen molar-refractivity contribution in [1.82, 2.24) is 10.1 Å². The number of benzene rings is 1. The maximum atomic E-state index is 12.5. The Labute approximate surface area is 139 Å². The van der Waals surface area contributed by atoms with Gasteiger partial charge < -0.3 is 9.26 Å². The van der Waals surface area contributed by atoms with Crippen LogP contribution >= 0.6 is 11.6 Å². The Morgan fingerprint density at radius 2 is 1.96 bits per heavy atom. The normalized spacial score (nSPS) is 12.1. The van der Waals surface area contributed by atoms with E-state index in [1.54, 1.807) is 20.8 Å². The lowest BCUT2D eigenvalue weighted by Gasteiger charge is -2.19. The molecule has 0 aliphatic heterocycles. The number of carbonyl (C=O) groups is 1. The molecule has 2 aromatic rings. The van der Waals surface area contributed by atoms with Crippen molar-refractivity contribution in [2.75, 3.05) is 5.32 Å². The van der Waals surface area contributed by atoms with Crippen molar-refractivity contribution in [1.29, 1.82) is 0 Å². The van der Waals surface area contributed by atoms with Crippen molar-refractivity contribution < 1.29 is 27.2 Å². The lowest BCUT2D eigenvalue weighted by molar-refractivity contribution is -0.159. The highest BCUT2D eigenvalue weighted by atomic mass is 35.5. The zero-order valence-corrected chi connectivity index (χ0v) is 13.6. The van der Waals surface area contributed by atoms with Crippen LogP contribution in [-0.2, 0) is 10.9 Å². The lowest BCUT2D eigenvalue weighted by Crippen LogP contribution is -2.27. The second-order valence-electron chi connectivity index (χ2n) is 5.74. The van der Waals surface area contributed by atoms with Gasteiger partial charge >= 0.3 is 18.2 Å². The smallest absolute Gasteiger partial charge is 0.444 e. The Hall–Kier alpha value is -2.29. The molecule has 0 fully saturated rings. The minimum atomic E-state index is -4.74. The molecule has 0 saturated heterocycles. The molecule has 1 aromatic carbocycles. The molecule has 0 aliphatic carbocycles. The molecule has 1 amide bonds. The summed E-state index contributed by atoms with van der Waals surface area (Å²) in [6.45, 7) is 5.12. The molecule has 0 radical (unpaired) electrons. The summed E-state index contributed by atoms with van der Waals surface area (Å²) in [6.07, 6.45) is -5.43. The number of nitrogens with one attached hydrogen (secondary N) is 1. The van der Waals surface area contributed by atoms with Crippen LogP contribution in [0.4, 0.5) is 23.7 Å². The van der Waals surface area contributed by atoms with E-state index in [0.717, 1.165) is 0 Å². The number of carbonyl (C=O) groups excluding carboxylic acids is 1. The highest BCUT2D eigenvalue weighted by Gasteiger charge is 2.38. The first-order valence-corrected chi connectivity index (χ1v) is 7.04. The Bertz CT molecular complexity index is 754. The number of anilines is 1. The molecule has 10 heteroatoms. The van der Waals surface area contributed by atoms with Crippen LogP contribution in [0.15, 0.2) is 22.7 Å². The van der Waals surface area contributed by atoms with Gasteiger partial charge in [-0.1, -0.05) is 16.8 Å². The van der Waals surface area contributed by atoms with Crippen LogP contribution in [0.3, 0.4) is 0 Å². The Kier molecular flexibility index (Phi) is 4.75. The van der Waals surface area contributed by atoms with Crippen LogP contribution < -0.4 is 5.32 Å². The number of ether oxygens (including phenoxy) is 1. The quantitative estimate of drug-likeness (QED) is 0.832. The predicted molar refractivity (Wildman–Crippen MR) is 79.6 cm³/mol. The van der Waals surface area contributed by atoms with Gasteiger partial charge in [-0.15, -0.1) is 0 Å². The maximum Gasteiger partial charge on any atom is 0.471 e. The zero-order valence-electron chi connectivity index (χ0n) is 12.9. The molecule has 0 bridgehead atoms. The summed E-state index contributed by atoms with van der Waals surface area (Å²) in [5.41, 5.74) is -0.241. The van der Waals surface area contributed by atoms with E-state index in [2.05, 4.69) is 20.0 Å². The van der Waals surface area contributed by atoms with Gasteiger partial charge in [-0.05, 0) is 39.0 Å². The van der Waals surface area contributed by atoms with Gasteiger partial charge in [0.1, 0.15) is 5.60 Å². The third-order valence-corrected chi connectivity index (χ3v) is 2.84. The number of aromatic nitrogens is 2. The van der Waals surface area contributed by atoms with E-state index in [1.807, 2.05) is 0 Å². The number of nitrogens with zero attached hydrogens (tertiary/aromatic N) is 2. The van der Waals surface area contributed by atoms with Crippen LogP contribution in [0, 0.1) is 0 Å². The van der Waals surface area contributed by atoms with Crippen molar-refractivity contribution in [3.63, 3.8) is 0 Å². The zero-order chi connectivity index (χ0) is 18.1. The van der Waals surface area contributed by atoms with Gasteiger partial charge in [0.05, 0.1) is 5.02 Å². The van der Waals surface area contributed by atoms with Crippen LogP contribution in [0.5, 0.6) is 0 Å². The van der Waals surface area contributed by atoms with E-state index in [4.69, 9.17) is 16.3 Å². The fraction of sp³-hybridized carbons (Fsp3) is 0.357. The molecule has 2 rings (SSSR count). The van der Waals surface area contributed by atoms with Crippen molar-refractivity contribution in [2.24, 2.45) is 0 Å². The molecular weight excluding hydrogens is 351 g/mol. The van der Waals surface area contributed by atoms with Crippen molar-refractivity contribution in [2.45, 2.75) is 32.5 Å². The highest BCUT2D eigenvalue weighted by Crippen LogP contribution is 2.32. The summed E-state index contributed by atoms with van der Waals surface area (Å²) in [5.74, 6) is -1.78. The standard InChI is InChI=1S/C14H13ClF3N3O3/c1-13(2,3)23-12(22)19-7-4-5-8(9(15)6-7)10-20-11(24-21-10)14(16,17)18/h4-6H,1-3H3,(H,19,22). The van der Waals surface area contributed by atoms with Crippen molar-refractivity contribution >= 4 is 23.4 Å². The van der Waals surface area contributed by atoms with Crippen LogP contribution in [0.25, 0.3) is 11.4 Å². The van der Waals surface area contributed by atoms with Gasteiger partial charge in [0.15, 0.2) is 0 Å². The molecule has 0 unspecified atom stereocenters. The summed E-state index contributed by atoms with van der Waals surface area (Å²) in [4.78, 5) is 14.9. The molecule has 0 aliphatic rings. The largest absolute Gasteiger partial charge is 0.471 e. The van der Waals surface area contributed by atoms with Gasteiger partial charge in [0.2, 0.25) is 5.82 Å². The van der Waals surface area contributed by atoms with Gasteiger partial charge in [-0.25, -0.2) is 4.79 Å². The number of amides is 1. The minimum Gasteiger partial charge on any atom is -0.444 e. The molecule has 1 heterocycles. The van der Waals surface area contributed by atoms with Crippen molar-refractivity contribution in [3.05, 3.63) is 29.1 Å². The third-order valence-electron chi connectivity index (χ3n) is 2.52. The summed E-state index contributed by atoms with van der Waals surface area (Å²) < 4.78 is 46.6. The molecule has 1 N–H and O–H groups in total. The summed E-state index contributed by atoms with van der Waals surface area (Å²) in [5, 5.41) is 5.75. The Balaban J connectivity index is 2.18. The second-order valence-corrected chi connectivity index (χ2v) is 6.15. The number of alkyl halides is 3. The average molecular weight is 364 g/mol. The molecule has 130 valence electrons. The first-order valence-electron chi connectivity index (χ1n) is 6.66. The molecule has 1 aromatic heterocycles. The number of hydrogen-bond donors (Lipinski definition) is 1. The van der Waals surface area contributed by atoms with E-state index < -0.39 is 23.8 Å². The molecule has 24 heavy (non-hydrogen) atoms. The topological polar surface area (TPSA) is 77.2 Å². The number of halogens is 4. The SMILES string of the molecule is CC(C)(C)OC(=O)Nc1ccc(-c2noc(C(F)(F)F)n2)c(Cl)c1. The van der Waals surface area contributed by atoms with E-state index in [9.17, 15) is 18.0 Å². The van der Waals surface area contributed by atoms with Gasteiger partial charge in [-0.3, -0.25) is 5.32 Å². The molecular formula is C14H13ClF3N3O3. The van der Waals surface area contributed by atoms with E-state index >= 15 is 0 Å². The lowest BCUT2D eigenvalue weighted by atomic mass is 10.2. The Morgan fingerprint density at radius 1 is 1.29 bits per heavy atom. The highest BCUT2D eigenvalue weighted by molar-refractivity contribution is 6.33. The fourth-order valence-electron chi connectivity index (χ4n) is 1.64. The van der Waals surface area contributed by atoms with Crippen LogP contribution in [0.1, 0.15) is 26.7 Å². The van der Waals surface area contributed by atoms with Crippen LogP contribution in [0.2, 0.25) is 5.02 Å². The average Bonchev–Trinajstić information content (AvgIpc) is 2.85. The van der Waals surface area contributed by atoms with E-state index in [1.165, 1.54) is 18.2 Å². The van der Waals surface area contributed by atoms with Gasteiger partial charge in [0.25, 0.3) is 0 Å². The van der Waals surface area contributed by atoms with Crippen molar-refractivity contribution in [3.8, 4) is 11.4 Å².